The molecule has 0 radical (unpaired) electrons. The van der Waals surface area contributed by atoms with Gasteiger partial charge in [-0.1, -0.05) is 6.92 Å². The number of rotatable bonds is 4. The molecule has 0 saturated heterocycles. The monoisotopic (exact) mass is 215 g/mol. The molecule has 1 saturated carbocycles. The minimum atomic E-state index is -0.525. The van der Waals surface area contributed by atoms with E-state index >= 15 is 0 Å². The molecule has 0 aromatic rings. The Kier molecular flexibility index (Phi) is 4.54. The van der Waals surface area contributed by atoms with Crippen LogP contribution in [0.25, 0.3) is 0 Å². The van der Waals surface area contributed by atoms with Crippen LogP contribution >= 0.6 is 0 Å². The number of carbonyl (C=O) groups excluding carboxylic acids is 1. The molecule has 0 aromatic heterocycles. The summed E-state index contributed by atoms with van der Waals surface area (Å²) in [6.45, 7) is 2.77. The number of esters is 1. The smallest absolute Gasteiger partial charge is 0.326 e. The molecule has 15 heavy (non-hydrogen) atoms. The van der Waals surface area contributed by atoms with Crippen molar-refractivity contribution >= 4 is 5.97 Å². The molecule has 2 atom stereocenters. The first-order valence-corrected chi connectivity index (χ1v) is 5.54. The van der Waals surface area contributed by atoms with Gasteiger partial charge in [-0.15, -0.1) is 0 Å². The van der Waals surface area contributed by atoms with E-state index in [1.165, 1.54) is 7.11 Å². The fraction of sp³-hybridized carbons (Fsp3) is 0.909. The Bertz CT molecular complexity index is 216. The first kappa shape index (κ1) is 12.5. The van der Waals surface area contributed by atoms with Gasteiger partial charge in [0.25, 0.3) is 0 Å². The zero-order valence-electron chi connectivity index (χ0n) is 9.84. The van der Waals surface area contributed by atoms with Gasteiger partial charge in [0, 0.05) is 13.5 Å². The van der Waals surface area contributed by atoms with Crippen molar-refractivity contribution < 1.29 is 14.3 Å². The van der Waals surface area contributed by atoms with E-state index in [1.807, 2.05) is 6.92 Å². The van der Waals surface area contributed by atoms with E-state index in [1.54, 1.807) is 7.11 Å². The van der Waals surface area contributed by atoms with Crippen LogP contribution in [0.3, 0.4) is 0 Å². The predicted molar refractivity (Wildman–Crippen MR) is 57.7 cm³/mol. The molecule has 0 spiro atoms. The summed E-state index contributed by atoms with van der Waals surface area (Å²) < 4.78 is 10.2. The molecule has 1 fully saturated rings. The number of ether oxygens (including phenoxy) is 2. The fourth-order valence-electron chi connectivity index (χ4n) is 2.38. The molecule has 1 rings (SSSR count). The standard InChI is InChI=1S/C11H21NO3/c1-4-12-11(10(13)15-3)7-5-6-9(8-11)14-2/h9,12H,4-8H2,1-3H3. The van der Waals surface area contributed by atoms with Crippen molar-refractivity contribution in [3.63, 3.8) is 0 Å². The van der Waals surface area contributed by atoms with Gasteiger partial charge in [-0.25, -0.2) is 0 Å². The number of hydrogen-bond donors (Lipinski definition) is 1. The fourth-order valence-corrected chi connectivity index (χ4v) is 2.38. The van der Waals surface area contributed by atoms with Gasteiger partial charge >= 0.3 is 5.97 Å². The highest BCUT2D eigenvalue weighted by Gasteiger charge is 2.43. The third-order valence-corrected chi connectivity index (χ3v) is 3.13. The summed E-state index contributed by atoms with van der Waals surface area (Å²) in [7, 11) is 3.14. The molecule has 0 aromatic carbocycles. The molecule has 0 aliphatic heterocycles. The Morgan fingerprint density at radius 2 is 2.27 bits per heavy atom. The topological polar surface area (TPSA) is 47.6 Å². The second kappa shape index (κ2) is 5.47. The van der Waals surface area contributed by atoms with E-state index in [0.717, 1.165) is 25.8 Å². The summed E-state index contributed by atoms with van der Waals surface area (Å²) >= 11 is 0. The summed E-state index contributed by atoms with van der Waals surface area (Å²) in [4.78, 5) is 11.8. The molecular formula is C11H21NO3. The second-order valence-electron chi connectivity index (χ2n) is 4.06. The average Bonchev–Trinajstić information content (AvgIpc) is 2.28. The van der Waals surface area contributed by atoms with Gasteiger partial charge in [-0.3, -0.25) is 4.79 Å². The first-order valence-electron chi connectivity index (χ1n) is 5.54. The lowest BCUT2D eigenvalue weighted by Crippen LogP contribution is -2.56. The van der Waals surface area contributed by atoms with E-state index < -0.39 is 5.54 Å². The molecular weight excluding hydrogens is 194 g/mol. The number of nitrogens with one attached hydrogen (secondary N) is 1. The van der Waals surface area contributed by atoms with Crippen molar-refractivity contribution in [1.82, 2.24) is 5.32 Å². The largest absolute Gasteiger partial charge is 0.468 e. The maximum absolute atomic E-state index is 11.8. The summed E-state index contributed by atoms with van der Waals surface area (Å²) in [5, 5.41) is 3.26. The number of carbonyl (C=O) groups is 1. The van der Waals surface area contributed by atoms with Gasteiger partial charge in [0.05, 0.1) is 13.2 Å². The van der Waals surface area contributed by atoms with Crippen LogP contribution in [0.15, 0.2) is 0 Å². The highest BCUT2D eigenvalue weighted by atomic mass is 16.5. The van der Waals surface area contributed by atoms with Crippen molar-refractivity contribution in [2.45, 2.75) is 44.2 Å². The molecule has 0 amide bonds. The molecule has 2 unspecified atom stereocenters. The van der Waals surface area contributed by atoms with E-state index in [4.69, 9.17) is 9.47 Å². The summed E-state index contributed by atoms with van der Waals surface area (Å²) in [6.07, 6.45) is 3.75. The molecule has 88 valence electrons. The number of hydrogen-bond acceptors (Lipinski definition) is 4. The molecule has 1 N–H and O–H groups in total. The quantitative estimate of drug-likeness (QED) is 0.713. The molecule has 0 bridgehead atoms. The van der Waals surface area contributed by atoms with Crippen molar-refractivity contribution in [2.24, 2.45) is 0 Å². The van der Waals surface area contributed by atoms with E-state index in [9.17, 15) is 4.79 Å². The minimum absolute atomic E-state index is 0.161. The van der Waals surface area contributed by atoms with Crippen LogP contribution in [0.5, 0.6) is 0 Å². The Balaban J connectivity index is 2.75. The number of likely N-dealkylation sites (N-methyl/N-ethyl adjacent to an activating group) is 1. The molecule has 1 aliphatic carbocycles. The first-order chi connectivity index (χ1) is 7.18. The Morgan fingerprint density at radius 3 is 2.80 bits per heavy atom. The Morgan fingerprint density at radius 1 is 1.53 bits per heavy atom. The van der Waals surface area contributed by atoms with Crippen LogP contribution in [-0.2, 0) is 14.3 Å². The maximum Gasteiger partial charge on any atom is 0.326 e. The second-order valence-corrected chi connectivity index (χ2v) is 4.06. The lowest BCUT2D eigenvalue weighted by molar-refractivity contribution is -0.152. The lowest BCUT2D eigenvalue weighted by Gasteiger charge is -2.38. The van der Waals surface area contributed by atoms with Crippen LogP contribution in [0.4, 0.5) is 0 Å². The van der Waals surface area contributed by atoms with Crippen LogP contribution < -0.4 is 5.32 Å². The molecule has 1 aliphatic rings. The van der Waals surface area contributed by atoms with Gasteiger partial charge in [0.1, 0.15) is 5.54 Å². The third-order valence-electron chi connectivity index (χ3n) is 3.13. The van der Waals surface area contributed by atoms with Gasteiger partial charge < -0.3 is 14.8 Å². The molecule has 4 heteroatoms. The zero-order valence-corrected chi connectivity index (χ0v) is 9.84. The Hall–Kier alpha value is -0.610. The van der Waals surface area contributed by atoms with Crippen LogP contribution in [0.1, 0.15) is 32.6 Å². The zero-order chi connectivity index (χ0) is 11.3. The lowest BCUT2D eigenvalue weighted by atomic mass is 9.80. The van der Waals surface area contributed by atoms with E-state index in [-0.39, 0.29) is 12.1 Å². The van der Waals surface area contributed by atoms with Crippen LogP contribution in [-0.4, -0.2) is 38.4 Å². The maximum atomic E-state index is 11.8. The van der Waals surface area contributed by atoms with Crippen molar-refractivity contribution in [3.05, 3.63) is 0 Å². The highest BCUT2D eigenvalue weighted by molar-refractivity contribution is 5.81. The van der Waals surface area contributed by atoms with E-state index in [2.05, 4.69) is 5.32 Å². The Labute approximate surface area is 91.3 Å². The van der Waals surface area contributed by atoms with Gasteiger partial charge in [0.2, 0.25) is 0 Å². The number of methoxy groups -OCH3 is 2. The van der Waals surface area contributed by atoms with Gasteiger partial charge in [0.15, 0.2) is 0 Å². The van der Waals surface area contributed by atoms with Crippen LogP contribution in [0, 0.1) is 0 Å². The summed E-state index contributed by atoms with van der Waals surface area (Å²) in [5.74, 6) is -0.161. The summed E-state index contributed by atoms with van der Waals surface area (Å²) in [5.41, 5.74) is -0.525. The molecule has 0 heterocycles. The normalized spacial score (nSPS) is 31.3. The third kappa shape index (κ3) is 2.69. The van der Waals surface area contributed by atoms with Gasteiger partial charge in [-0.05, 0) is 25.8 Å². The van der Waals surface area contributed by atoms with Crippen molar-refractivity contribution in [3.8, 4) is 0 Å². The van der Waals surface area contributed by atoms with Gasteiger partial charge in [-0.2, -0.15) is 0 Å². The average molecular weight is 215 g/mol. The van der Waals surface area contributed by atoms with Crippen molar-refractivity contribution in [2.75, 3.05) is 20.8 Å². The predicted octanol–water partition coefficient (Wildman–Crippen LogP) is 1.10. The molecule has 4 nitrogen and oxygen atoms in total. The minimum Gasteiger partial charge on any atom is -0.468 e. The highest BCUT2D eigenvalue weighted by Crippen LogP contribution is 2.30. The van der Waals surface area contributed by atoms with Crippen molar-refractivity contribution in [1.29, 1.82) is 0 Å². The van der Waals surface area contributed by atoms with Crippen LogP contribution in [0.2, 0.25) is 0 Å². The summed E-state index contributed by atoms with van der Waals surface area (Å²) in [6, 6.07) is 0. The van der Waals surface area contributed by atoms with E-state index in [0.29, 0.717) is 6.42 Å². The SMILES string of the molecule is CCNC1(C(=O)OC)CCCC(OC)C1.